The third-order valence-electron chi connectivity index (χ3n) is 12.9. The summed E-state index contributed by atoms with van der Waals surface area (Å²) in [5.41, 5.74) is 2.83. The number of carbonyl (C=O) groups excluding carboxylic acids is 4. The van der Waals surface area contributed by atoms with Crippen LogP contribution in [0.4, 0.5) is 5.69 Å². The van der Waals surface area contributed by atoms with Crippen LogP contribution in [-0.4, -0.2) is 62.4 Å². The van der Waals surface area contributed by atoms with Crippen LogP contribution in [0.2, 0.25) is 0 Å². The molecule has 2 bridgehead atoms. The van der Waals surface area contributed by atoms with Gasteiger partial charge in [0.2, 0.25) is 11.8 Å². The molecule has 0 aromatic heterocycles. The number of ether oxygens (including phenoxy) is 4. The summed E-state index contributed by atoms with van der Waals surface area (Å²) in [5.74, 6) is -0.614. The summed E-state index contributed by atoms with van der Waals surface area (Å²) in [7, 11) is 0. The van der Waals surface area contributed by atoms with E-state index in [1.54, 1.807) is 24.3 Å². The minimum atomic E-state index is -0.540. The first-order valence-corrected chi connectivity index (χ1v) is 17.3. The molecule has 7 aliphatic rings. The molecule has 2 amide bonds. The topological polar surface area (TPSA) is 115 Å². The fourth-order valence-corrected chi connectivity index (χ4v) is 10.7. The normalized spacial score (nSPS) is 40.4. The molecule has 4 aliphatic carbocycles. The fraction of sp³-hybridized carbons (Fsp3) is 0.676. The zero-order valence-corrected chi connectivity index (χ0v) is 27.3. The molecule has 2 saturated carbocycles. The Hall–Kier alpha value is -3.04. The van der Waals surface area contributed by atoms with Crippen molar-refractivity contribution in [1.29, 1.82) is 0 Å². The highest BCUT2D eigenvalue weighted by molar-refractivity contribution is 6.23. The number of fused-ring (bicyclic) bond motifs is 8. The molecular weight excluding hydrogens is 586 g/mol. The maximum Gasteiger partial charge on any atom is 0.338 e. The second-order valence-corrected chi connectivity index (χ2v) is 15.7. The number of imide groups is 1. The van der Waals surface area contributed by atoms with Gasteiger partial charge in [0, 0.05) is 0 Å². The number of amides is 2. The second-order valence-electron chi connectivity index (χ2n) is 15.7. The number of esters is 2. The molecule has 9 nitrogen and oxygen atoms in total. The molecule has 3 aliphatic heterocycles. The summed E-state index contributed by atoms with van der Waals surface area (Å²) >= 11 is 0. The zero-order valence-electron chi connectivity index (χ0n) is 27.3. The van der Waals surface area contributed by atoms with Crippen molar-refractivity contribution in [1.82, 2.24) is 0 Å². The van der Waals surface area contributed by atoms with Crippen molar-refractivity contribution in [3.8, 4) is 0 Å². The number of rotatable bonds is 8. The quantitative estimate of drug-likeness (QED) is 0.168. The van der Waals surface area contributed by atoms with Gasteiger partial charge in [-0.1, -0.05) is 38.3 Å². The number of nitrogens with zero attached hydrogens (tertiary/aromatic N) is 1. The highest BCUT2D eigenvalue weighted by atomic mass is 16.6. The van der Waals surface area contributed by atoms with Gasteiger partial charge in [0.15, 0.2) is 0 Å². The first-order chi connectivity index (χ1) is 22.0. The van der Waals surface area contributed by atoms with Gasteiger partial charge in [-0.25, -0.2) is 9.69 Å². The smallest absolute Gasteiger partial charge is 0.338 e. The van der Waals surface area contributed by atoms with Crippen LogP contribution in [0.5, 0.6) is 0 Å². The van der Waals surface area contributed by atoms with Crippen LogP contribution in [-0.2, 0) is 33.3 Å². The van der Waals surface area contributed by atoms with E-state index in [9.17, 15) is 19.2 Å². The minimum Gasteiger partial charge on any atom is -0.462 e. The molecule has 8 rings (SSSR count). The monoisotopic (exact) mass is 631 g/mol. The molecule has 1 aromatic carbocycles. The second kappa shape index (κ2) is 10.7. The average Bonchev–Trinajstić information content (AvgIpc) is 3.97. The molecular formula is C37H45NO8. The lowest BCUT2D eigenvalue weighted by molar-refractivity contribution is -0.176. The van der Waals surface area contributed by atoms with Crippen molar-refractivity contribution in [3.63, 3.8) is 0 Å². The van der Waals surface area contributed by atoms with Gasteiger partial charge < -0.3 is 18.9 Å². The van der Waals surface area contributed by atoms with Crippen LogP contribution in [0, 0.1) is 52.3 Å². The molecule has 0 radical (unpaired) electrons. The van der Waals surface area contributed by atoms with Gasteiger partial charge in [0.25, 0.3) is 0 Å². The van der Waals surface area contributed by atoms with Gasteiger partial charge in [-0.3, -0.25) is 14.4 Å². The van der Waals surface area contributed by atoms with Crippen LogP contribution in [0.1, 0.15) is 76.6 Å². The van der Waals surface area contributed by atoms with Crippen LogP contribution in [0.15, 0.2) is 35.4 Å². The average molecular weight is 632 g/mol. The molecule has 0 spiro atoms. The molecule has 3 heterocycles. The molecule has 246 valence electrons. The van der Waals surface area contributed by atoms with Gasteiger partial charge in [-0.15, -0.1) is 0 Å². The minimum absolute atomic E-state index is 0.0178. The Labute approximate surface area is 270 Å². The highest BCUT2D eigenvalue weighted by Gasteiger charge is 2.67. The molecule has 5 fully saturated rings. The maximum atomic E-state index is 14.4. The summed E-state index contributed by atoms with van der Waals surface area (Å²) in [6.45, 7) is 10.7. The predicted molar refractivity (Wildman–Crippen MR) is 166 cm³/mol. The van der Waals surface area contributed by atoms with Crippen molar-refractivity contribution in [2.75, 3.05) is 31.3 Å². The Bertz CT molecular complexity index is 1510. The van der Waals surface area contributed by atoms with Crippen LogP contribution in [0.25, 0.3) is 0 Å². The molecule has 10 unspecified atom stereocenters. The van der Waals surface area contributed by atoms with Crippen LogP contribution < -0.4 is 4.90 Å². The van der Waals surface area contributed by atoms with Gasteiger partial charge in [-0.05, 0) is 98.3 Å². The van der Waals surface area contributed by atoms with E-state index in [-0.39, 0.29) is 65.7 Å². The van der Waals surface area contributed by atoms with Gasteiger partial charge in [0.1, 0.15) is 25.4 Å². The highest BCUT2D eigenvalue weighted by Crippen LogP contribution is 2.70. The van der Waals surface area contributed by atoms with Gasteiger partial charge in [0.05, 0.1) is 41.7 Å². The number of allylic oxidation sites excluding steroid dienone is 1. The molecule has 1 aromatic rings. The van der Waals surface area contributed by atoms with E-state index in [1.165, 1.54) is 16.0 Å². The number of hydrogen-bond acceptors (Lipinski definition) is 8. The molecule has 46 heavy (non-hydrogen) atoms. The van der Waals surface area contributed by atoms with E-state index in [0.29, 0.717) is 37.0 Å². The first-order valence-electron chi connectivity index (χ1n) is 17.3. The van der Waals surface area contributed by atoms with Gasteiger partial charge >= 0.3 is 11.9 Å². The summed E-state index contributed by atoms with van der Waals surface area (Å²) in [5, 5.41) is 0. The van der Waals surface area contributed by atoms with Crippen molar-refractivity contribution in [3.05, 3.63) is 41.0 Å². The largest absolute Gasteiger partial charge is 0.462 e. The van der Waals surface area contributed by atoms with Crippen LogP contribution >= 0.6 is 0 Å². The van der Waals surface area contributed by atoms with Crippen molar-refractivity contribution in [2.45, 2.75) is 78.4 Å². The number of carbonyl (C=O) groups is 4. The third kappa shape index (κ3) is 4.55. The number of hydrogen-bond donors (Lipinski definition) is 0. The Morgan fingerprint density at radius 3 is 2.26 bits per heavy atom. The number of benzene rings is 1. The number of epoxide rings is 2. The molecule has 9 heteroatoms. The fourth-order valence-electron chi connectivity index (χ4n) is 10.7. The van der Waals surface area contributed by atoms with E-state index < -0.39 is 23.2 Å². The summed E-state index contributed by atoms with van der Waals surface area (Å²) < 4.78 is 21.5. The SMILES string of the molecule is CC(C)C1=C2C3CCC4C(C)(C(=O)OCC5CO5)CCCC4(C)C3CC1C1C(=O)N(c3ccc(C(=O)OCC4CO4)cc3)C(=O)C21. The van der Waals surface area contributed by atoms with E-state index in [2.05, 4.69) is 27.7 Å². The molecule has 3 saturated heterocycles. The van der Waals surface area contributed by atoms with E-state index >= 15 is 0 Å². The van der Waals surface area contributed by atoms with E-state index in [4.69, 9.17) is 18.9 Å². The lowest BCUT2D eigenvalue weighted by Gasteiger charge is -2.61. The Balaban J connectivity index is 1.07. The lowest BCUT2D eigenvalue weighted by atomic mass is 9.43. The summed E-state index contributed by atoms with van der Waals surface area (Å²) in [4.78, 5) is 56.1. The Morgan fingerprint density at radius 1 is 0.935 bits per heavy atom. The Morgan fingerprint density at radius 2 is 1.61 bits per heavy atom. The molecule has 10 atom stereocenters. The maximum absolute atomic E-state index is 14.4. The Kier molecular flexibility index (Phi) is 7.08. The van der Waals surface area contributed by atoms with Crippen molar-refractivity contribution >= 4 is 29.4 Å². The third-order valence-corrected chi connectivity index (χ3v) is 12.9. The van der Waals surface area contributed by atoms with E-state index in [1.807, 2.05) is 0 Å². The van der Waals surface area contributed by atoms with Crippen molar-refractivity contribution < 1.29 is 38.1 Å². The summed E-state index contributed by atoms with van der Waals surface area (Å²) in [6, 6.07) is 6.61. The summed E-state index contributed by atoms with van der Waals surface area (Å²) in [6.07, 6.45) is 5.59. The standard InChI is InChI=1S/C37H45NO8/c1-19(2)28-25-14-26-24(10-11-27-36(26,3)12-5-13-37(27,4)35(42)46-18-23-16-44-23)29(28)31-30(25)32(39)38(33(31)40)21-8-6-20(7-9-21)34(41)45-17-22-15-43-22/h6-9,19,22-27,30-31H,5,10-18H2,1-4H3. The van der Waals surface area contributed by atoms with E-state index in [0.717, 1.165) is 38.5 Å². The van der Waals surface area contributed by atoms with Crippen molar-refractivity contribution in [2.24, 2.45) is 52.3 Å². The molecule has 0 N–H and O–H groups in total. The zero-order chi connectivity index (χ0) is 32.1. The lowest BCUT2D eigenvalue weighted by Crippen LogP contribution is -2.56. The predicted octanol–water partition coefficient (Wildman–Crippen LogP) is 5.11. The van der Waals surface area contributed by atoms with Crippen LogP contribution in [0.3, 0.4) is 0 Å². The van der Waals surface area contributed by atoms with Gasteiger partial charge in [-0.2, -0.15) is 0 Å². The first kappa shape index (κ1) is 30.3. The number of anilines is 1.